The molecule has 0 aliphatic carbocycles. The van der Waals surface area contributed by atoms with Gasteiger partial charge in [0.05, 0.1) is 30.1 Å². The number of sulfone groups is 1. The average molecular weight is 330 g/mol. The van der Waals surface area contributed by atoms with E-state index < -0.39 is 9.84 Å². The standard InChI is InChI=1S/C15H26N2O4S/c1-2-3-4-12(10-18)17-14(19)13-9-16-11-15(13)5-7-22(20,21)8-6-15/h2-3,12-13,16,18H,4-11H2,1H3,(H,17,19)/b3-2+. The maximum atomic E-state index is 12.6. The Morgan fingerprint density at radius 2 is 2.14 bits per heavy atom. The summed E-state index contributed by atoms with van der Waals surface area (Å²) in [7, 11) is -2.94. The quantitative estimate of drug-likeness (QED) is 0.609. The Morgan fingerprint density at radius 1 is 1.45 bits per heavy atom. The minimum absolute atomic E-state index is 0.0761. The summed E-state index contributed by atoms with van der Waals surface area (Å²) in [4.78, 5) is 12.6. The molecule has 0 aromatic rings. The summed E-state index contributed by atoms with van der Waals surface area (Å²) < 4.78 is 23.3. The number of carbonyl (C=O) groups excluding carboxylic acids is 1. The molecule has 2 aliphatic heterocycles. The van der Waals surface area contributed by atoms with Crippen molar-refractivity contribution in [2.24, 2.45) is 11.3 Å². The van der Waals surface area contributed by atoms with E-state index in [9.17, 15) is 18.3 Å². The van der Waals surface area contributed by atoms with E-state index in [1.165, 1.54) is 0 Å². The number of hydrogen-bond acceptors (Lipinski definition) is 5. The molecule has 2 aliphatic rings. The maximum Gasteiger partial charge on any atom is 0.225 e. The fourth-order valence-corrected chi connectivity index (χ4v) is 5.07. The van der Waals surface area contributed by atoms with Crippen molar-refractivity contribution in [3.05, 3.63) is 12.2 Å². The fourth-order valence-electron chi connectivity index (χ4n) is 3.43. The van der Waals surface area contributed by atoms with Gasteiger partial charge in [-0.25, -0.2) is 8.42 Å². The van der Waals surface area contributed by atoms with Gasteiger partial charge in [-0.15, -0.1) is 0 Å². The van der Waals surface area contributed by atoms with E-state index in [0.717, 1.165) is 0 Å². The van der Waals surface area contributed by atoms with E-state index in [1.807, 2.05) is 19.1 Å². The molecule has 3 N–H and O–H groups in total. The molecule has 0 saturated carbocycles. The molecule has 1 amide bonds. The summed E-state index contributed by atoms with van der Waals surface area (Å²) in [5.41, 5.74) is -0.254. The molecule has 0 aromatic heterocycles. The summed E-state index contributed by atoms with van der Waals surface area (Å²) in [5, 5.41) is 15.5. The molecular formula is C15H26N2O4S. The maximum absolute atomic E-state index is 12.6. The Bertz CT molecular complexity index is 516. The largest absolute Gasteiger partial charge is 0.394 e. The first kappa shape index (κ1) is 17.4. The van der Waals surface area contributed by atoms with E-state index in [4.69, 9.17) is 0 Å². The Kier molecular flexibility index (Phi) is 5.63. The van der Waals surface area contributed by atoms with Gasteiger partial charge in [0, 0.05) is 13.1 Å². The van der Waals surface area contributed by atoms with Crippen LogP contribution in [0.2, 0.25) is 0 Å². The number of amides is 1. The minimum atomic E-state index is -2.94. The van der Waals surface area contributed by atoms with Crippen LogP contribution >= 0.6 is 0 Å². The van der Waals surface area contributed by atoms with Crippen LogP contribution < -0.4 is 10.6 Å². The Morgan fingerprint density at radius 3 is 2.73 bits per heavy atom. The third-order valence-electron chi connectivity index (χ3n) is 4.93. The zero-order valence-electron chi connectivity index (χ0n) is 13.0. The monoisotopic (exact) mass is 330 g/mol. The number of aliphatic hydroxyl groups is 1. The second kappa shape index (κ2) is 7.10. The second-order valence-corrected chi connectivity index (χ2v) is 8.69. The molecule has 0 bridgehead atoms. The van der Waals surface area contributed by atoms with E-state index in [0.29, 0.717) is 32.4 Å². The average Bonchev–Trinajstić information content (AvgIpc) is 2.91. The lowest BCUT2D eigenvalue weighted by atomic mass is 9.73. The molecule has 2 fully saturated rings. The number of hydrogen-bond donors (Lipinski definition) is 3. The summed E-state index contributed by atoms with van der Waals surface area (Å²) >= 11 is 0. The predicted molar refractivity (Wildman–Crippen MR) is 85.1 cm³/mol. The highest BCUT2D eigenvalue weighted by molar-refractivity contribution is 7.91. The third-order valence-corrected chi connectivity index (χ3v) is 6.58. The van der Waals surface area contributed by atoms with Gasteiger partial charge in [-0.2, -0.15) is 0 Å². The van der Waals surface area contributed by atoms with Gasteiger partial charge < -0.3 is 15.7 Å². The summed E-state index contributed by atoms with van der Waals surface area (Å²) in [6.07, 6.45) is 5.48. The van der Waals surface area contributed by atoms with E-state index >= 15 is 0 Å². The molecule has 6 nitrogen and oxygen atoms in total. The zero-order chi connectivity index (χ0) is 16.2. The third kappa shape index (κ3) is 3.88. The topological polar surface area (TPSA) is 95.5 Å². The molecule has 2 heterocycles. The van der Waals surface area contributed by atoms with E-state index in [2.05, 4.69) is 10.6 Å². The second-order valence-electron chi connectivity index (χ2n) is 6.39. The smallest absolute Gasteiger partial charge is 0.225 e. The normalized spacial score (nSPS) is 28.0. The zero-order valence-corrected chi connectivity index (χ0v) is 13.9. The van der Waals surface area contributed by atoms with Gasteiger partial charge in [-0.1, -0.05) is 12.2 Å². The Balaban J connectivity index is 2.02. The van der Waals surface area contributed by atoms with Crippen LogP contribution in [0.1, 0.15) is 26.2 Å². The van der Waals surface area contributed by atoms with E-state index in [-0.39, 0.29) is 41.4 Å². The Labute approximate surface area is 132 Å². The Hall–Kier alpha value is -0.920. The fraction of sp³-hybridized carbons (Fsp3) is 0.800. The van der Waals surface area contributed by atoms with Crippen LogP contribution in [0.3, 0.4) is 0 Å². The highest BCUT2D eigenvalue weighted by Crippen LogP contribution is 2.42. The van der Waals surface area contributed by atoms with Crippen LogP contribution in [-0.4, -0.2) is 56.7 Å². The summed E-state index contributed by atoms with van der Waals surface area (Å²) in [5.74, 6) is 0.0384. The van der Waals surface area contributed by atoms with Crippen molar-refractivity contribution in [1.82, 2.24) is 10.6 Å². The number of nitrogens with one attached hydrogen (secondary N) is 2. The van der Waals surface area contributed by atoms with Crippen LogP contribution in [-0.2, 0) is 14.6 Å². The van der Waals surface area contributed by atoms with Crippen molar-refractivity contribution in [1.29, 1.82) is 0 Å². The number of carbonyl (C=O) groups is 1. The molecule has 126 valence electrons. The van der Waals surface area contributed by atoms with Crippen LogP contribution in [0.25, 0.3) is 0 Å². The van der Waals surface area contributed by atoms with Crippen LogP contribution in [0.15, 0.2) is 12.2 Å². The molecule has 0 aromatic carbocycles. The molecule has 2 unspecified atom stereocenters. The van der Waals surface area contributed by atoms with Crippen molar-refractivity contribution in [3.63, 3.8) is 0 Å². The highest BCUT2D eigenvalue weighted by atomic mass is 32.2. The lowest BCUT2D eigenvalue weighted by Gasteiger charge is -2.37. The molecule has 0 radical (unpaired) electrons. The molecule has 22 heavy (non-hydrogen) atoms. The first-order chi connectivity index (χ1) is 10.4. The number of rotatable bonds is 5. The molecule has 2 atom stereocenters. The molecule has 1 spiro atoms. The number of allylic oxidation sites excluding steroid dienone is 1. The van der Waals surface area contributed by atoms with E-state index in [1.54, 1.807) is 0 Å². The predicted octanol–water partition coefficient (Wildman–Crippen LogP) is -0.156. The van der Waals surface area contributed by atoms with Crippen LogP contribution in [0.4, 0.5) is 0 Å². The van der Waals surface area contributed by atoms with Gasteiger partial charge in [0.2, 0.25) is 5.91 Å². The van der Waals surface area contributed by atoms with Gasteiger partial charge in [-0.3, -0.25) is 4.79 Å². The summed E-state index contributed by atoms with van der Waals surface area (Å²) in [6.45, 7) is 3.07. The van der Waals surface area contributed by atoms with Crippen molar-refractivity contribution < 1.29 is 18.3 Å². The van der Waals surface area contributed by atoms with Gasteiger partial charge in [0.25, 0.3) is 0 Å². The first-order valence-electron chi connectivity index (χ1n) is 7.86. The van der Waals surface area contributed by atoms with Gasteiger partial charge in [-0.05, 0) is 31.6 Å². The van der Waals surface area contributed by atoms with Crippen molar-refractivity contribution >= 4 is 15.7 Å². The van der Waals surface area contributed by atoms with Gasteiger partial charge in [0.15, 0.2) is 0 Å². The minimum Gasteiger partial charge on any atom is -0.394 e. The van der Waals surface area contributed by atoms with Gasteiger partial charge in [0.1, 0.15) is 9.84 Å². The molecule has 2 saturated heterocycles. The van der Waals surface area contributed by atoms with Crippen molar-refractivity contribution in [2.45, 2.75) is 32.2 Å². The molecular weight excluding hydrogens is 304 g/mol. The lowest BCUT2D eigenvalue weighted by molar-refractivity contribution is -0.128. The summed E-state index contributed by atoms with van der Waals surface area (Å²) in [6, 6.07) is -0.284. The highest BCUT2D eigenvalue weighted by Gasteiger charge is 2.49. The van der Waals surface area contributed by atoms with Gasteiger partial charge >= 0.3 is 0 Å². The number of aliphatic hydroxyl groups excluding tert-OH is 1. The van der Waals surface area contributed by atoms with Crippen LogP contribution in [0.5, 0.6) is 0 Å². The molecule has 2 rings (SSSR count). The SMILES string of the molecule is C/C=C/CC(CO)NC(=O)C1CNCC12CCS(=O)(=O)CC2. The van der Waals surface area contributed by atoms with Crippen molar-refractivity contribution in [2.75, 3.05) is 31.2 Å². The molecule has 7 heteroatoms. The first-order valence-corrected chi connectivity index (χ1v) is 9.68. The van der Waals surface area contributed by atoms with Crippen LogP contribution in [0, 0.1) is 11.3 Å². The lowest BCUT2D eigenvalue weighted by Crippen LogP contribution is -2.48. The van der Waals surface area contributed by atoms with Crippen molar-refractivity contribution in [3.8, 4) is 0 Å².